The molecule has 0 amide bonds. The minimum atomic E-state index is -1.43. The van der Waals surface area contributed by atoms with Crippen molar-refractivity contribution in [2.45, 2.75) is 19.4 Å². The SMILES string of the molecule is CC(=O)OC1=C(N)OC(C)(c2cc(Cl)cc(Cl)c2)C1=O. The molecule has 1 heterocycles. The van der Waals surface area contributed by atoms with Crippen molar-refractivity contribution in [1.82, 2.24) is 0 Å². The van der Waals surface area contributed by atoms with Gasteiger partial charge in [0.05, 0.1) is 0 Å². The van der Waals surface area contributed by atoms with Gasteiger partial charge >= 0.3 is 5.97 Å². The molecule has 0 aliphatic carbocycles. The average molecular weight is 316 g/mol. The zero-order valence-corrected chi connectivity index (χ0v) is 12.2. The summed E-state index contributed by atoms with van der Waals surface area (Å²) in [5.41, 5.74) is 4.59. The zero-order chi connectivity index (χ0) is 15.1. The summed E-state index contributed by atoms with van der Waals surface area (Å²) in [5, 5.41) is 0.703. The minimum Gasteiger partial charge on any atom is -0.457 e. The maximum atomic E-state index is 12.4. The number of benzene rings is 1. The Hall–Kier alpha value is -1.72. The molecule has 106 valence electrons. The Morgan fingerprint density at radius 2 is 1.85 bits per heavy atom. The molecule has 1 aromatic rings. The monoisotopic (exact) mass is 315 g/mol. The normalized spacial score (nSPS) is 21.9. The van der Waals surface area contributed by atoms with E-state index in [4.69, 9.17) is 38.4 Å². The highest BCUT2D eigenvalue weighted by Crippen LogP contribution is 2.39. The first-order valence-electron chi connectivity index (χ1n) is 5.62. The number of nitrogens with two attached hydrogens (primary N) is 1. The molecular weight excluding hydrogens is 305 g/mol. The van der Waals surface area contributed by atoms with Gasteiger partial charge in [-0.15, -0.1) is 0 Å². The molecule has 0 saturated heterocycles. The third kappa shape index (κ3) is 2.46. The quantitative estimate of drug-likeness (QED) is 0.848. The van der Waals surface area contributed by atoms with E-state index in [0.717, 1.165) is 0 Å². The standard InChI is InChI=1S/C13H11Cl2NO4/c1-6(17)19-10-11(18)13(2,20-12(10)16)7-3-8(14)5-9(15)4-7/h3-5H,16H2,1-2H3. The van der Waals surface area contributed by atoms with Gasteiger partial charge < -0.3 is 15.2 Å². The van der Waals surface area contributed by atoms with Crippen LogP contribution < -0.4 is 5.73 Å². The molecule has 1 aliphatic heterocycles. The van der Waals surface area contributed by atoms with Gasteiger partial charge in [0.2, 0.25) is 11.6 Å². The van der Waals surface area contributed by atoms with Crippen LogP contribution in [0.25, 0.3) is 0 Å². The lowest BCUT2D eigenvalue weighted by Gasteiger charge is -2.23. The van der Waals surface area contributed by atoms with E-state index < -0.39 is 17.4 Å². The Morgan fingerprint density at radius 3 is 2.35 bits per heavy atom. The van der Waals surface area contributed by atoms with E-state index in [1.165, 1.54) is 32.0 Å². The largest absolute Gasteiger partial charge is 0.457 e. The number of halogens is 2. The van der Waals surface area contributed by atoms with E-state index in [0.29, 0.717) is 15.6 Å². The van der Waals surface area contributed by atoms with Crippen LogP contribution in [-0.4, -0.2) is 11.8 Å². The molecule has 2 N–H and O–H groups in total. The summed E-state index contributed by atoms with van der Waals surface area (Å²) in [5.74, 6) is -1.78. The van der Waals surface area contributed by atoms with Gasteiger partial charge in [-0.05, 0) is 25.1 Å². The van der Waals surface area contributed by atoms with Crippen LogP contribution >= 0.6 is 23.2 Å². The third-order valence-electron chi connectivity index (χ3n) is 2.84. The van der Waals surface area contributed by atoms with E-state index >= 15 is 0 Å². The molecule has 1 aliphatic rings. The summed E-state index contributed by atoms with van der Waals surface area (Å²) in [4.78, 5) is 23.4. The lowest BCUT2D eigenvalue weighted by Crippen LogP contribution is -2.32. The van der Waals surface area contributed by atoms with Gasteiger partial charge in [0.1, 0.15) is 0 Å². The van der Waals surface area contributed by atoms with E-state index in [2.05, 4.69) is 0 Å². The molecule has 0 fully saturated rings. The first kappa shape index (κ1) is 14.7. The van der Waals surface area contributed by atoms with Crippen molar-refractivity contribution in [3.05, 3.63) is 45.5 Å². The molecule has 1 aromatic carbocycles. The number of rotatable bonds is 2. The Bertz CT molecular complexity index is 621. The van der Waals surface area contributed by atoms with E-state index in [9.17, 15) is 9.59 Å². The van der Waals surface area contributed by atoms with Gasteiger partial charge in [-0.25, -0.2) is 0 Å². The number of Topliss-reactive ketones (excluding diaryl/α,β-unsaturated/α-hetero) is 1. The van der Waals surface area contributed by atoms with Crippen molar-refractivity contribution in [2.75, 3.05) is 0 Å². The van der Waals surface area contributed by atoms with E-state index in [-0.39, 0.29) is 11.6 Å². The van der Waals surface area contributed by atoms with Crippen LogP contribution in [-0.2, 0) is 24.7 Å². The second-order valence-corrected chi connectivity index (χ2v) is 5.28. The molecule has 7 heteroatoms. The first-order chi connectivity index (χ1) is 9.24. The summed E-state index contributed by atoms with van der Waals surface area (Å²) in [6.07, 6.45) is 0. The molecule has 1 atom stereocenters. The average Bonchev–Trinajstić information content (AvgIpc) is 2.52. The predicted octanol–water partition coefficient (Wildman–Crippen LogP) is 2.50. The number of carbonyl (C=O) groups is 2. The van der Waals surface area contributed by atoms with Gasteiger partial charge in [-0.3, -0.25) is 9.59 Å². The Labute approximate surface area is 125 Å². The van der Waals surface area contributed by atoms with Gasteiger partial charge in [-0.2, -0.15) is 0 Å². The molecule has 0 bridgehead atoms. The second-order valence-electron chi connectivity index (χ2n) is 4.41. The number of ketones is 1. The summed E-state index contributed by atoms with van der Waals surface area (Å²) < 4.78 is 10.2. The molecule has 0 radical (unpaired) electrons. The Balaban J connectivity index is 2.44. The second kappa shape index (κ2) is 5.00. The summed E-state index contributed by atoms with van der Waals surface area (Å²) >= 11 is 11.8. The number of esters is 1. The minimum absolute atomic E-state index is 0.246. The fourth-order valence-corrected chi connectivity index (χ4v) is 2.43. The van der Waals surface area contributed by atoms with Gasteiger partial charge in [-0.1, -0.05) is 23.2 Å². The van der Waals surface area contributed by atoms with Gasteiger partial charge in [0, 0.05) is 22.5 Å². The van der Waals surface area contributed by atoms with Crippen molar-refractivity contribution in [3.63, 3.8) is 0 Å². The lowest BCUT2D eigenvalue weighted by molar-refractivity contribution is -0.142. The van der Waals surface area contributed by atoms with Crippen LogP contribution in [0.15, 0.2) is 29.8 Å². The number of carbonyl (C=O) groups excluding carboxylic acids is 2. The Morgan fingerprint density at radius 1 is 1.30 bits per heavy atom. The zero-order valence-electron chi connectivity index (χ0n) is 10.7. The Kier molecular flexibility index (Phi) is 3.67. The number of ether oxygens (including phenoxy) is 2. The highest BCUT2D eigenvalue weighted by atomic mass is 35.5. The fraction of sp³-hybridized carbons (Fsp3) is 0.231. The molecule has 0 aromatic heterocycles. The summed E-state index contributed by atoms with van der Waals surface area (Å²) in [6.45, 7) is 2.67. The molecule has 5 nitrogen and oxygen atoms in total. The maximum Gasteiger partial charge on any atom is 0.308 e. The molecule has 1 unspecified atom stereocenters. The molecule has 0 saturated carbocycles. The van der Waals surface area contributed by atoms with Crippen molar-refractivity contribution in [3.8, 4) is 0 Å². The van der Waals surface area contributed by atoms with Crippen molar-refractivity contribution < 1.29 is 19.1 Å². The molecule has 20 heavy (non-hydrogen) atoms. The molecular formula is C13H11Cl2NO4. The van der Waals surface area contributed by atoms with Crippen LogP contribution in [0.3, 0.4) is 0 Å². The lowest BCUT2D eigenvalue weighted by atomic mass is 9.91. The molecule has 0 spiro atoms. The topological polar surface area (TPSA) is 78.6 Å². The molecule has 2 rings (SSSR count). The van der Waals surface area contributed by atoms with Crippen molar-refractivity contribution >= 4 is 35.0 Å². The number of hydrogen-bond donors (Lipinski definition) is 1. The van der Waals surface area contributed by atoms with E-state index in [1.807, 2.05) is 0 Å². The van der Waals surface area contributed by atoms with Crippen LogP contribution in [0.1, 0.15) is 19.4 Å². The van der Waals surface area contributed by atoms with Crippen molar-refractivity contribution in [1.29, 1.82) is 0 Å². The predicted molar refractivity (Wildman–Crippen MR) is 72.9 cm³/mol. The van der Waals surface area contributed by atoms with Crippen LogP contribution in [0.2, 0.25) is 10.0 Å². The van der Waals surface area contributed by atoms with E-state index in [1.54, 1.807) is 0 Å². The highest BCUT2D eigenvalue weighted by molar-refractivity contribution is 6.34. The van der Waals surface area contributed by atoms with Crippen molar-refractivity contribution in [2.24, 2.45) is 5.73 Å². The van der Waals surface area contributed by atoms with Crippen LogP contribution in [0.5, 0.6) is 0 Å². The number of hydrogen-bond acceptors (Lipinski definition) is 5. The maximum absolute atomic E-state index is 12.4. The summed E-state index contributed by atoms with van der Waals surface area (Å²) in [6, 6.07) is 4.60. The van der Waals surface area contributed by atoms with Crippen LogP contribution in [0, 0.1) is 0 Å². The summed E-state index contributed by atoms with van der Waals surface area (Å²) in [7, 11) is 0. The van der Waals surface area contributed by atoms with Crippen LogP contribution in [0.4, 0.5) is 0 Å². The third-order valence-corrected chi connectivity index (χ3v) is 3.27. The van der Waals surface area contributed by atoms with Gasteiger partial charge in [0.15, 0.2) is 5.60 Å². The van der Waals surface area contributed by atoms with Gasteiger partial charge in [0.25, 0.3) is 5.78 Å². The smallest absolute Gasteiger partial charge is 0.308 e. The highest BCUT2D eigenvalue weighted by Gasteiger charge is 2.48. The fourth-order valence-electron chi connectivity index (χ4n) is 1.90. The first-order valence-corrected chi connectivity index (χ1v) is 6.38.